The van der Waals surface area contributed by atoms with Crippen LogP contribution < -0.4 is 16.3 Å². The lowest BCUT2D eigenvalue weighted by molar-refractivity contribution is -0.207. The summed E-state index contributed by atoms with van der Waals surface area (Å²) in [5, 5.41) is 18.6. The molecular weight excluding hydrogens is 612 g/mol. The molecule has 0 unspecified atom stereocenters. The number of halogens is 7. The van der Waals surface area contributed by atoms with E-state index in [0.717, 1.165) is 18.2 Å². The predicted molar refractivity (Wildman–Crippen MR) is 141 cm³/mol. The zero-order chi connectivity index (χ0) is 31.9. The van der Waals surface area contributed by atoms with E-state index >= 15 is 0 Å². The molecule has 0 aliphatic carbocycles. The summed E-state index contributed by atoms with van der Waals surface area (Å²) in [4.78, 5) is 38.6. The highest BCUT2D eigenvalue weighted by atomic mass is 35.5. The average molecular weight is 638 g/mol. The first-order valence-electron chi connectivity index (χ1n) is 12.5. The molecule has 3 rings (SSSR count). The maximum Gasteiger partial charge on any atom is 0.416 e. The van der Waals surface area contributed by atoms with Crippen LogP contribution >= 0.6 is 11.6 Å². The van der Waals surface area contributed by atoms with Crippen LogP contribution in [0.15, 0.2) is 53.3 Å². The van der Waals surface area contributed by atoms with Crippen molar-refractivity contribution in [1.82, 2.24) is 25.0 Å². The number of hydrogen-bond acceptors (Lipinski definition) is 6. The third-order valence-corrected chi connectivity index (χ3v) is 6.30. The van der Waals surface area contributed by atoms with E-state index < -0.39 is 72.6 Å². The van der Waals surface area contributed by atoms with E-state index in [1.165, 1.54) is 37.4 Å². The van der Waals surface area contributed by atoms with Crippen LogP contribution in [0.4, 0.5) is 26.3 Å². The van der Waals surface area contributed by atoms with E-state index in [9.17, 15) is 45.8 Å². The van der Waals surface area contributed by atoms with Crippen molar-refractivity contribution in [2.24, 2.45) is 0 Å². The Morgan fingerprint density at radius 3 is 2.30 bits per heavy atom. The molecule has 10 nitrogen and oxygen atoms in total. The summed E-state index contributed by atoms with van der Waals surface area (Å²) in [6.07, 6.45) is -13.5. The molecule has 3 aromatic rings. The van der Waals surface area contributed by atoms with E-state index in [1.807, 2.05) is 0 Å². The number of ether oxygens (including phenoxy) is 1. The summed E-state index contributed by atoms with van der Waals surface area (Å²) in [5.74, 6) is -2.13. The van der Waals surface area contributed by atoms with Gasteiger partial charge in [0.2, 0.25) is 11.8 Å². The van der Waals surface area contributed by atoms with E-state index in [0.29, 0.717) is 9.25 Å². The molecular formula is C26H26ClF6N5O5. The van der Waals surface area contributed by atoms with Crippen molar-refractivity contribution in [2.45, 2.75) is 44.0 Å². The van der Waals surface area contributed by atoms with Crippen molar-refractivity contribution < 1.29 is 45.8 Å². The fraction of sp³-hybridized carbons (Fsp3) is 0.385. The third kappa shape index (κ3) is 9.05. The van der Waals surface area contributed by atoms with Crippen LogP contribution in [0.5, 0.6) is 0 Å². The summed E-state index contributed by atoms with van der Waals surface area (Å²) in [6.45, 7) is -2.04. The van der Waals surface area contributed by atoms with E-state index in [1.54, 1.807) is 0 Å². The molecule has 0 spiro atoms. The molecule has 1 aromatic heterocycles. The normalized spacial score (nSPS) is 13.4. The summed E-state index contributed by atoms with van der Waals surface area (Å²) in [6, 6.07) is 8.17. The standard InChI is InChI=1S/C26H26ClF6N5O5/c1-43-11-10-34-21(40)12-19(17-4-2-3-5-18(17)25(28,29)30)35-22(41)14-38-24(42)37(13-20(39)26(31,32)33)23(36-38)15-6-8-16(27)9-7-15/h2-9,19-20,39H,10-14H2,1H3,(H,34,40)(H,35,41)/t19-,20-/m0/s1. The van der Waals surface area contributed by atoms with Gasteiger partial charge >= 0.3 is 18.0 Å². The van der Waals surface area contributed by atoms with Crippen LogP contribution in [-0.2, 0) is 33.6 Å². The number of carbonyl (C=O) groups is 2. The summed E-state index contributed by atoms with van der Waals surface area (Å²) < 4.78 is 86.4. The second kappa shape index (κ2) is 14.1. The van der Waals surface area contributed by atoms with Gasteiger partial charge in [0.15, 0.2) is 11.9 Å². The molecule has 17 heteroatoms. The van der Waals surface area contributed by atoms with E-state index in [-0.39, 0.29) is 29.6 Å². The molecule has 0 aliphatic rings. The number of aromatic nitrogens is 3. The van der Waals surface area contributed by atoms with Gasteiger partial charge in [-0.05, 0) is 35.9 Å². The van der Waals surface area contributed by atoms with Crippen LogP contribution in [0.3, 0.4) is 0 Å². The fourth-order valence-electron chi connectivity index (χ4n) is 4.02. The number of hydrogen-bond donors (Lipinski definition) is 3. The maximum atomic E-state index is 13.8. The molecule has 0 radical (unpaired) electrons. The highest BCUT2D eigenvalue weighted by molar-refractivity contribution is 6.30. The number of aliphatic hydroxyl groups is 1. The van der Waals surface area contributed by atoms with Crippen molar-refractivity contribution in [3.05, 3.63) is 75.2 Å². The number of nitrogens with one attached hydrogen (secondary N) is 2. The average Bonchev–Trinajstić information content (AvgIpc) is 3.22. The summed E-state index contributed by atoms with van der Waals surface area (Å²) in [7, 11) is 1.38. The first-order valence-corrected chi connectivity index (χ1v) is 12.9. The Morgan fingerprint density at radius 1 is 1.05 bits per heavy atom. The smallest absolute Gasteiger partial charge is 0.383 e. The highest BCUT2D eigenvalue weighted by Crippen LogP contribution is 2.35. The maximum absolute atomic E-state index is 13.8. The van der Waals surface area contributed by atoms with Gasteiger partial charge in [-0.3, -0.25) is 14.2 Å². The van der Waals surface area contributed by atoms with Gasteiger partial charge in [0.1, 0.15) is 6.54 Å². The minimum absolute atomic E-state index is 0.0427. The second-order valence-corrected chi connectivity index (χ2v) is 9.63. The van der Waals surface area contributed by atoms with Gasteiger partial charge in [0.25, 0.3) is 0 Å². The number of rotatable bonds is 12. The minimum atomic E-state index is -5.08. The highest BCUT2D eigenvalue weighted by Gasteiger charge is 2.40. The lowest BCUT2D eigenvalue weighted by Gasteiger charge is -2.22. The Hall–Kier alpha value is -3.89. The molecule has 0 aliphatic heterocycles. The zero-order valence-electron chi connectivity index (χ0n) is 22.4. The number of aliphatic hydroxyl groups excluding tert-OH is 1. The molecule has 0 bridgehead atoms. The van der Waals surface area contributed by atoms with E-state index in [4.69, 9.17) is 16.3 Å². The van der Waals surface area contributed by atoms with Gasteiger partial charge in [-0.15, -0.1) is 5.10 Å². The van der Waals surface area contributed by atoms with Gasteiger partial charge in [-0.2, -0.15) is 26.3 Å². The fourth-order valence-corrected chi connectivity index (χ4v) is 4.15. The Kier molecular flexibility index (Phi) is 11.0. The van der Waals surface area contributed by atoms with Crippen molar-refractivity contribution >= 4 is 23.4 Å². The zero-order valence-corrected chi connectivity index (χ0v) is 23.1. The lowest BCUT2D eigenvalue weighted by Crippen LogP contribution is -2.40. The number of methoxy groups -OCH3 is 1. The molecule has 3 N–H and O–H groups in total. The van der Waals surface area contributed by atoms with Gasteiger partial charge in [-0.1, -0.05) is 29.8 Å². The second-order valence-electron chi connectivity index (χ2n) is 9.19. The van der Waals surface area contributed by atoms with Crippen LogP contribution in [0.25, 0.3) is 11.4 Å². The van der Waals surface area contributed by atoms with Crippen LogP contribution in [0, 0.1) is 0 Å². The SMILES string of the molecule is COCCNC(=O)C[C@H](NC(=O)Cn1nc(-c2ccc(Cl)cc2)n(C[C@H](O)C(F)(F)F)c1=O)c1ccccc1C(F)(F)F. The molecule has 0 saturated carbocycles. The number of benzene rings is 2. The molecule has 234 valence electrons. The third-order valence-electron chi connectivity index (χ3n) is 6.05. The molecule has 2 aromatic carbocycles. The van der Waals surface area contributed by atoms with Gasteiger partial charge < -0.3 is 20.5 Å². The molecule has 43 heavy (non-hydrogen) atoms. The largest absolute Gasteiger partial charge is 0.416 e. The Labute approximate surface area is 245 Å². The van der Waals surface area contributed by atoms with Gasteiger partial charge in [0.05, 0.1) is 31.2 Å². The monoisotopic (exact) mass is 637 g/mol. The van der Waals surface area contributed by atoms with Crippen LogP contribution in [-0.4, -0.2) is 63.8 Å². The van der Waals surface area contributed by atoms with Crippen molar-refractivity contribution in [3.63, 3.8) is 0 Å². The van der Waals surface area contributed by atoms with Crippen LogP contribution in [0.2, 0.25) is 5.02 Å². The van der Waals surface area contributed by atoms with Gasteiger partial charge in [0, 0.05) is 24.2 Å². The minimum Gasteiger partial charge on any atom is -0.383 e. The van der Waals surface area contributed by atoms with Crippen molar-refractivity contribution in [2.75, 3.05) is 20.3 Å². The Bertz CT molecular complexity index is 1470. The number of carbonyl (C=O) groups excluding carboxylic acids is 2. The number of amides is 2. The van der Waals surface area contributed by atoms with Crippen molar-refractivity contribution in [1.29, 1.82) is 0 Å². The lowest BCUT2D eigenvalue weighted by atomic mass is 9.97. The van der Waals surface area contributed by atoms with Crippen molar-refractivity contribution in [3.8, 4) is 11.4 Å². The number of alkyl halides is 6. The Balaban J connectivity index is 1.95. The van der Waals surface area contributed by atoms with Gasteiger partial charge in [-0.25, -0.2) is 9.48 Å². The predicted octanol–water partition coefficient (Wildman–Crippen LogP) is 3.32. The summed E-state index contributed by atoms with van der Waals surface area (Å²) in [5.41, 5.74) is -2.64. The molecule has 0 saturated heterocycles. The quantitative estimate of drug-likeness (QED) is 0.207. The first kappa shape index (κ1) is 33.6. The molecule has 2 atom stereocenters. The van der Waals surface area contributed by atoms with E-state index in [2.05, 4.69) is 15.7 Å². The Morgan fingerprint density at radius 2 is 1.70 bits per heavy atom. The molecule has 1 heterocycles. The number of nitrogens with zero attached hydrogens (tertiary/aromatic N) is 3. The summed E-state index contributed by atoms with van der Waals surface area (Å²) >= 11 is 5.86. The topological polar surface area (TPSA) is 127 Å². The molecule has 0 fully saturated rings. The molecule has 2 amide bonds. The van der Waals surface area contributed by atoms with Crippen LogP contribution in [0.1, 0.15) is 23.6 Å². The first-order chi connectivity index (χ1) is 20.1.